The van der Waals surface area contributed by atoms with Gasteiger partial charge in [0.25, 0.3) is 0 Å². The van der Waals surface area contributed by atoms with Crippen LogP contribution in [-0.2, 0) is 9.53 Å². The minimum atomic E-state index is -0.237. The number of nitrogens with one attached hydrogen (secondary N) is 1. The molecule has 1 aromatic heterocycles. The van der Waals surface area contributed by atoms with Crippen molar-refractivity contribution in [3.8, 4) is 0 Å². The summed E-state index contributed by atoms with van der Waals surface area (Å²) in [5, 5.41) is 1.23. The number of allylic oxidation sites excluding steroid dienone is 1. The number of methoxy groups -OCH3 is 1. The van der Waals surface area contributed by atoms with Crippen LogP contribution in [0.1, 0.15) is 41.6 Å². The topological polar surface area (TPSA) is 42.1 Å². The van der Waals surface area contributed by atoms with Crippen molar-refractivity contribution in [2.45, 2.75) is 26.2 Å². The fourth-order valence-corrected chi connectivity index (χ4v) is 3.87. The molecule has 1 atom stereocenters. The van der Waals surface area contributed by atoms with E-state index in [1.165, 1.54) is 29.2 Å². The zero-order valence-corrected chi connectivity index (χ0v) is 14.7. The highest BCUT2D eigenvalue weighted by molar-refractivity contribution is 6.01. The average molecular weight is 331 g/mol. The van der Waals surface area contributed by atoms with E-state index in [0.29, 0.717) is 6.42 Å². The molecule has 0 fully saturated rings. The molecule has 0 spiro atoms. The van der Waals surface area contributed by atoms with Crippen LogP contribution in [-0.4, -0.2) is 18.1 Å². The number of benzene rings is 2. The van der Waals surface area contributed by atoms with E-state index in [1.54, 1.807) is 0 Å². The summed E-state index contributed by atoms with van der Waals surface area (Å²) in [6, 6.07) is 16.9. The number of fused-ring (bicyclic) bond motifs is 3. The number of aromatic nitrogens is 1. The quantitative estimate of drug-likeness (QED) is 0.675. The van der Waals surface area contributed by atoms with E-state index in [1.807, 2.05) is 13.0 Å². The molecule has 0 aliphatic heterocycles. The normalized spacial score (nSPS) is 16.8. The van der Waals surface area contributed by atoms with Crippen LogP contribution in [0.25, 0.3) is 16.5 Å². The zero-order valence-electron chi connectivity index (χ0n) is 14.7. The van der Waals surface area contributed by atoms with Gasteiger partial charge in [0.05, 0.1) is 7.11 Å². The number of H-pyrrole nitrogens is 1. The second kappa shape index (κ2) is 5.92. The number of hydrogen-bond donors (Lipinski definition) is 1. The number of carbonyl (C=O) groups excluding carboxylic acids is 1. The minimum Gasteiger partial charge on any atom is -0.466 e. The fourth-order valence-electron chi connectivity index (χ4n) is 3.87. The van der Waals surface area contributed by atoms with Gasteiger partial charge in [-0.25, -0.2) is 4.79 Å². The molecule has 1 unspecified atom stereocenters. The Morgan fingerprint density at radius 1 is 1.08 bits per heavy atom. The number of para-hydroxylation sites is 1. The lowest BCUT2D eigenvalue weighted by Crippen LogP contribution is -2.17. The Balaban J connectivity index is 1.98. The first-order valence-electron chi connectivity index (χ1n) is 8.55. The highest BCUT2D eigenvalue weighted by atomic mass is 16.5. The molecule has 1 N–H and O–H groups in total. The van der Waals surface area contributed by atoms with Crippen LogP contribution in [0.15, 0.2) is 54.1 Å². The van der Waals surface area contributed by atoms with E-state index >= 15 is 0 Å². The Hall–Kier alpha value is -2.81. The first-order chi connectivity index (χ1) is 12.1. The van der Waals surface area contributed by atoms with Gasteiger partial charge in [-0.2, -0.15) is 0 Å². The SMILES string of the molecule is COC(=O)C1=C(C)c2[nH]c3ccccc3c2C(c2ccc(C)cc2)C1. The Morgan fingerprint density at radius 3 is 2.52 bits per heavy atom. The third kappa shape index (κ3) is 2.47. The molecule has 0 bridgehead atoms. The molecule has 126 valence electrons. The molecular weight excluding hydrogens is 310 g/mol. The average Bonchev–Trinajstić information content (AvgIpc) is 3.03. The zero-order chi connectivity index (χ0) is 17.6. The number of hydrogen-bond acceptors (Lipinski definition) is 2. The smallest absolute Gasteiger partial charge is 0.334 e. The molecule has 1 aliphatic carbocycles. The molecule has 1 heterocycles. The third-order valence-corrected chi connectivity index (χ3v) is 5.24. The monoisotopic (exact) mass is 331 g/mol. The van der Waals surface area contributed by atoms with Crippen molar-refractivity contribution in [3.63, 3.8) is 0 Å². The van der Waals surface area contributed by atoms with E-state index < -0.39 is 0 Å². The van der Waals surface area contributed by atoms with Gasteiger partial charge in [-0.05, 0) is 43.0 Å². The third-order valence-electron chi connectivity index (χ3n) is 5.24. The lowest BCUT2D eigenvalue weighted by Gasteiger charge is -2.26. The van der Waals surface area contributed by atoms with Gasteiger partial charge < -0.3 is 9.72 Å². The van der Waals surface area contributed by atoms with Gasteiger partial charge in [0, 0.05) is 28.1 Å². The van der Waals surface area contributed by atoms with E-state index in [9.17, 15) is 4.79 Å². The van der Waals surface area contributed by atoms with Crippen molar-refractivity contribution in [1.82, 2.24) is 4.98 Å². The second-order valence-electron chi connectivity index (χ2n) is 6.72. The maximum absolute atomic E-state index is 12.3. The van der Waals surface area contributed by atoms with Crippen LogP contribution < -0.4 is 0 Å². The van der Waals surface area contributed by atoms with Gasteiger partial charge in [0.2, 0.25) is 0 Å². The summed E-state index contributed by atoms with van der Waals surface area (Å²) in [5.74, 6) is -0.0940. The van der Waals surface area contributed by atoms with Crippen molar-refractivity contribution in [1.29, 1.82) is 0 Å². The van der Waals surface area contributed by atoms with Crippen LogP contribution in [0.4, 0.5) is 0 Å². The summed E-state index contributed by atoms with van der Waals surface area (Å²) in [6.45, 7) is 4.09. The van der Waals surface area contributed by atoms with Crippen molar-refractivity contribution in [3.05, 3.63) is 76.5 Å². The predicted octanol–water partition coefficient (Wildman–Crippen LogP) is 4.96. The van der Waals surface area contributed by atoms with E-state index in [4.69, 9.17) is 4.74 Å². The number of aromatic amines is 1. The van der Waals surface area contributed by atoms with Crippen LogP contribution in [0, 0.1) is 6.92 Å². The first kappa shape index (κ1) is 15.7. The lowest BCUT2D eigenvalue weighted by molar-refractivity contribution is -0.136. The Kier molecular flexibility index (Phi) is 3.72. The van der Waals surface area contributed by atoms with E-state index in [2.05, 4.69) is 54.4 Å². The van der Waals surface area contributed by atoms with Crippen LogP contribution >= 0.6 is 0 Å². The highest BCUT2D eigenvalue weighted by Crippen LogP contribution is 2.45. The maximum atomic E-state index is 12.3. The molecule has 3 nitrogen and oxygen atoms in total. The molecule has 0 saturated carbocycles. The fraction of sp³-hybridized carbons (Fsp3) is 0.227. The molecule has 0 amide bonds. The summed E-state index contributed by atoms with van der Waals surface area (Å²) in [5.41, 5.74) is 7.65. The lowest BCUT2D eigenvalue weighted by atomic mass is 9.77. The number of rotatable bonds is 2. The first-order valence-corrected chi connectivity index (χ1v) is 8.55. The van der Waals surface area contributed by atoms with Gasteiger partial charge in [-0.3, -0.25) is 0 Å². The molecular formula is C22H21NO2. The Bertz CT molecular complexity index is 993. The molecule has 3 heteroatoms. The second-order valence-corrected chi connectivity index (χ2v) is 6.72. The summed E-state index contributed by atoms with van der Waals surface area (Å²) >= 11 is 0. The highest BCUT2D eigenvalue weighted by Gasteiger charge is 2.32. The molecule has 0 radical (unpaired) electrons. The molecule has 1 aliphatic rings. The van der Waals surface area contributed by atoms with Crippen LogP contribution in [0.3, 0.4) is 0 Å². The molecule has 4 rings (SSSR count). The molecule has 2 aromatic carbocycles. The van der Waals surface area contributed by atoms with Crippen molar-refractivity contribution >= 4 is 22.4 Å². The molecule has 25 heavy (non-hydrogen) atoms. The maximum Gasteiger partial charge on any atom is 0.334 e. The van der Waals surface area contributed by atoms with Crippen molar-refractivity contribution < 1.29 is 9.53 Å². The summed E-state index contributed by atoms with van der Waals surface area (Å²) in [6.07, 6.45) is 0.663. The van der Waals surface area contributed by atoms with Crippen LogP contribution in [0.2, 0.25) is 0 Å². The van der Waals surface area contributed by atoms with Crippen LogP contribution in [0.5, 0.6) is 0 Å². The van der Waals surface area contributed by atoms with E-state index in [0.717, 1.165) is 22.4 Å². The van der Waals surface area contributed by atoms with Crippen molar-refractivity contribution in [2.75, 3.05) is 7.11 Å². The van der Waals surface area contributed by atoms with Crippen molar-refractivity contribution in [2.24, 2.45) is 0 Å². The summed E-state index contributed by atoms with van der Waals surface area (Å²) in [7, 11) is 1.45. The molecule has 0 saturated heterocycles. The Morgan fingerprint density at radius 2 is 1.80 bits per heavy atom. The largest absolute Gasteiger partial charge is 0.466 e. The standard InChI is InChI=1S/C22H21NO2/c1-13-8-10-15(11-9-13)18-12-17(22(24)25-3)14(2)21-20(18)16-6-4-5-7-19(16)23-21/h4-11,18,23H,12H2,1-3H3. The van der Waals surface area contributed by atoms with Gasteiger partial charge >= 0.3 is 5.97 Å². The Labute approximate surface area is 147 Å². The summed E-state index contributed by atoms with van der Waals surface area (Å²) in [4.78, 5) is 15.9. The number of aryl methyl sites for hydroxylation is 1. The summed E-state index contributed by atoms with van der Waals surface area (Å²) < 4.78 is 5.04. The number of carbonyl (C=O) groups is 1. The number of esters is 1. The number of ether oxygens (including phenoxy) is 1. The van der Waals surface area contributed by atoms with Gasteiger partial charge in [-0.15, -0.1) is 0 Å². The van der Waals surface area contributed by atoms with E-state index in [-0.39, 0.29) is 11.9 Å². The minimum absolute atomic E-state index is 0.143. The predicted molar refractivity (Wildman–Crippen MR) is 101 cm³/mol. The van der Waals surface area contributed by atoms with Gasteiger partial charge in [-0.1, -0.05) is 48.0 Å². The van der Waals surface area contributed by atoms with Gasteiger partial charge in [0.1, 0.15) is 0 Å². The van der Waals surface area contributed by atoms with Gasteiger partial charge in [0.15, 0.2) is 0 Å². The molecule has 3 aromatic rings.